The smallest absolute Gasteiger partial charge is 0.264 e. The number of sulfonamides is 1. The molecule has 0 spiro atoms. The summed E-state index contributed by atoms with van der Waals surface area (Å²) in [6, 6.07) is 27.9. The summed E-state index contributed by atoms with van der Waals surface area (Å²) in [6.07, 6.45) is 3.14. The maximum Gasteiger partial charge on any atom is 0.264 e. The van der Waals surface area contributed by atoms with Gasteiger partial charge < -0.3 is 0 Å². The lowest BCUT2D eigenvalue weighted by Gasteiger charge is -2.25. The van der Waals surface area contributed by atoms with E-state index in [9.17, 15) is 12.8 Å². The van der Waals surface area contributed by atoms with E-state index in [0.717, 1.165) is 28.2 Å². The Hall–Kier alpha value is -4.30. The van der Waals surface area contributed by atoms with E-state index in [0.29, 0.717) is 11.5 Å². The molecule has 8 heteroatoms. The maximum absolute atomic E-state index is 14.0. The molecule has 0 atom stereocenters. The SMILES string of the molecule is O=S(=O)(Nc1ccc(N(c2ccncn2)c2cccc3ccccc23)cc1)c1ccccc1F. The normalized spacial score (nSPS) is 11.3. The first-order valence-electron chi connectivity index (χ1n) is 10.4. The van der Waals surface area contributed by atoms with Crippen LogP contribution in [0.3, 0.4) is 0 Å². The molecular weight excluding hydrogens is 451 g/mol. The third-order valence-electron chi connectivity index (χ3n) is 5.31. The van der Waals surface area contributed by atoms with Crippen molar-refractivity contribution in [3.8, 4) is 0 Å². The number of nitrogens with zero attached hydrogens (tertiary/aromatic N) is 3. The summed E-state index contributed by atoms with van der Waals surface area (Å²) in [4.78, 5) is 10.0. The minimum absolute atomic E-state index is 0.313. The number of halogens is 1. The van der Waals surface area contributed by atoms with Crippen LogP contribution >= 0.6 is 0 Å². The molecule has 4 aromatic carbocycles. The van der Waals surface area contributed by atoms with E-state index in [1.807, 2.05) is 47.4 Å². The van der Waals surface area contributed by atoms with E-state index < -0.39 is 20.7 Å². The van der Waals surface area contributed by atoms with Crippen molar-refractivity contribution in [3.63, 3.8) is 0 Å². The molecule has 0 fully saturated rings. The number of anilines is 4. The summed E-state index contributed by atoms with van der Waals surface area (Å²) in [7, 11) is -4.07. The van der Waals surface area contributed by atoms with Crippen LogP contribution in [0, 0.1) is 5.82 Å². The number of aromatic nitrogens is 2. The first kappa shape index (κ1) is 21.5. The fourth-order valence-corrected chi connectivity index (χ4v) is 4.90. The van der Waals surface area contributed by atoms with Gasteiger partial charge in [-0.2, -0.15) is 0 Å². The molecule has 5 aromatic rings. The number of hydrogen-bond acceptors (Lipinski definition) is 5. The molecule has 0 bridgehead atoms. The zero-order valence-corrected chi connectivity index (χ0v) is 18.7. The molecule has 0 saturated heterocycles. The van der Waals surface area contributed by atoms with Crippen molar-refractivity contribution >= 4 is 43.7 Å². The fraction of sp³-hybridized carbons (Fsp3) is 0. The van der Waals surface area contributed by atoms with Gasteiger partial charge in [0.05, 0.1) is 5.69 Å². The van der Waals surface area contributed by atoms with E-state index in [1.54, 1.807) is 36.5 Å². The molecule has 0 amide bonds. The second-order valence-electron chi connectivity index (χ2n) is 7.48. The Morgan fingerprint density at radius 2 is 1.53 bits per heavy atom. The molecule has 34 heavy (non-hydrogen) atoms. The van der Waals surface area contributed by atoms with Gasteiger partial charge in [-0.3, -0.25) is 9.62 Å². The summed E-state index contributed by atoms with van der Waals surface area (Å²) in [6.45, 7) is 0. The molecule has 0 aliphatic heterocycles. The number of benzene rings is 4. The standard InChI is InChI=1S/C26H19FN4O2S/c27-23-9-3-4-11-25(23)34(32,33)30-20-12-14-21(15-13-20)31(26-16-17-28-18-29-26)24-10-5-7-19-6-1-2-8-22(19)24/h1-18,30H. The first-order chi connectivity index (χ1) is 16.5. The van der Waals surface area contributed by atoms with Gasteiger partial charge in [0.15, 0.2) is 0 Å². The monoisotopic (exact) mass is 470 g/mol. The first-order valence-corrected chi connectivity index (χ1v) is 11.9. The van der Waals surface area contributed by atoms with E-state index >= 15 is 0 Å². The van der Waals surface area contributed by atoms with Crippen LogP contribution in [0.1, 0.15) is 0 Å². The number of hydrogen-bond donors (Lipinski definition) is 1. The molecular formula is C26H19FN4O2S. The number of rotatable bonds is 6. The zero-order valence-electron chi connectivity index (χ0n) is 17.8. The van der Waals surface area contributed by atoms with Crippen molar-refractivity contribution in [2.75, 3.05) is 9.62 Å². The van der Waals surface area contributed by atoms with Gasteiger partial charge in [-0.1, -0.05) is 48.5 Å². The van der Waals surface area contributed by atoms with Crippen molar-refractivity contribution < 1.29 is 12.8 Å². The van der Waals surface area contributed by atoms with Crippen LogP contribution < -0.4 is 9.62 Å². The third kappa shape index (κ3) is 4.18. The third-order valence-corrected chi connectivity index (χ3v) is 6.72. The van der Waals surface area contributed by atoms with Crippen molar-refractivity contribution in [3.05, 3.63) is 115 Å². The van der Waals surface area contributed by atoms with Gasteiger partial charge >= 0.3 is 0 Å². The molecule has 0 radical (unpaired) electrons. The summed E-state index contributed by atoms with van der Waals surface area (Å²) >= 11 is 0. The molecule has 6 nitrogen and oxygen atoms in total. The molecule has 168 valence electrons. The van der Waals surface area contributed by atoms with Crippen LogP contribution in [0.5, 0.6) is 0 Å². The van der Waals surface area contributed by atoms with Crippen LogP contribution in [0.15, 0.2) is 114 Å². The highest BCUT2D eigenvalue weighted by atomic mass is 32.2. The van der Waals surface area contributed by atoms with E-state index in [-0.39, 0.29) is 0 Å². The highest BCUT2D eigenvalue weighted by Gasteiger charge is 2.20. The van der Waals surface area contributed by atoms with Crippen LogP contribution in [-0.4, -0.2) is 18.4 Å². The van der Waals surface area contributed by atoms with Crippen LogP contribution in [0.4, 0.5) is 27.3 Å². The van der Waals surface area contributed by atoms with E-state index in [2.05, 4.69) is 14.7 Å². The largest absolute Gasteiger partial charge is 0.294 e. The molecule has 0 aliphatic rings. The molecule has 0 saturated carbocycles. The second-order valence-corrected chi connectivity index (χ2v) is 9.13. The average Bonchev–Trinajstić information content (AvgIpc) is 2.86. The lowest BCUT2D eigenvalue weighted by Crippen LogP contribution is -2.15. The highest BCUT2D eigenvalue weighted by molar-refractivity contribution is 7.92. The quantitative estimate of drug-likeness (QED) is 0.327. The van der Waals surface area contributed by atoms with Gasteiger partial charge in [0.1, 0.15) is 22.9 Å². The Bertz CT molecular complexity index is 1550. The van der Waals surface area contributed by atoms with E-state index in [1.165, 1.54) is 24.5 Å². The predicted octanol–water partition coefficient (Wildman–Crippen LogP) is 6.04. The molecule has 0 aliphatic carbocycles. The van der Waals surface area contributed by atoms with Crippen LogP contribution in [0.25, 0.3) is 10.8 Å². The Morgan fingerprint density at radius 1 is 0.794 bits per heavy atom. The molecule has 1 heterocycles. The average molecular weight is 471 g/mol. The fourth-order valence-electron chi connectivity index (χ4n) is 3.77. The van der Waals surface area contributed by atoms with Crippen LogP contribution in [0.2, 0.25) is 0 Å². The number of nitrogens with one attached hydrogen (secondary N) is 1. The Balaban J connectivity index is 1.54. The summed E-state index contributed by atoms with van der Waals surface area (Å²) in [5.41, 5.74) is 1.99. The number of fused-ring (bicyclic) bond motifs is 1. The Kier molecular flexibility index (Phi) is 5.65. The minimum atomic E-state index is -4.07. The van der Waals surface area contributed by atoms with Gasteiger partial charge in [-0.15, -0.1) is 0 Å². The minimum Gasteiger partial charge on any atom is -0.294 e. The van der Waals surface area contributed by atoms with Crippen molar-refractivity contribution in [1.82, 2.24) is 9.97 Å². The summed E-state index contributed by atoms with van der Waals surface area (Å²) in [5.74, 6) is -0.149. The Morgan fingerprint density at radius 3 is 2.29 bits per heavy atom. The lowest BCUT2D eigenvalue weighted by atomic mass is 10.1. The topological polar surface area (TPSA) is 75.2 Å². The molecule has 1 aromatic heterocycles. The van der Waals surface area contributed by atoms with Crippen LogP contribution in [-0.2, 0) is 10.0 Å². The molecule has 1 N–H and O–H groups in total. The van der Waals surface area contributed by atoms with Gasteiger partial charge in [0.2, 0.25) is 0 Å². The summed E-state index contributed by atoms with van der Waals surface area (Å²) < 4.78 is 41.8. The second kappa shape index (κ2) is 8.92. The van der Waals surface area contributed by atoms with E-state index in [4.69, 9.17) is 0 Å². The lowest BCUT2D eigenvalue weighted by molar-refractivity contribution is 0.570. The van der Waals surface area contributed by atoms with Gasteiger partial charge in [0, 0.05) is 23.0 Å². The summed E-state index contributed by atoms with van der Waals surface area (Å²) in [5, 5.41) is 2.11. The van der Waals surface area contributed by atoms with Gasteiger partial charge in [-0.05, 0) is 53.9 Å². The highest BCUT2D eigenvalue weighted by Crippen LogP contribution is 2.38. The van der Waals surface area contributed by atoms with Crippen molar-refractivity contribution in [2.24, 2.45) is 0 Å². The van der Waals surface area contributed by atoms with Gasteiger partial charge in [0.25, 0.3) is 10.0 Å². The Labute approximate surface area is 196 Å². The zero-order chi connectivity index (χ0) is 23.5. The van der Waals surface area contributed by atoms with Crippen molar-refractivity contribution in [1.29, 1.82) is 0 Å². The maximum atomic E-state index is 14.0. The molecule has 5 rings (SSSR count). The predicted molar refractivity (Wildman–Crippen MR) is 131 cm³/mol. The van der Waals surface area contributed by atoms with Gasteiger partial charge in [-0.25, -0.2) is 22.8 Å². The van der Waals surface area contributed by atoms with Crippen molar-refractivity contribution in [2.45, 2.75) is 4.90 Å². The molecule has 0 unspecified atom stereocenters.